The summed E-state index contributed by atoms with van der Waals surface area (Å²) in [6.45, 7) is 0.624. The van der Waals surface area contributed by atoms with E-state index in [0.717, 1.165) is 40.9 Å². The van der Waals surface area contributed by atoms with Crippen LogP contribution in [-0.2, 0) is 15.2 Å². The normalized spacial score (nSPS) is 24.7. The van der Waals surface area contributed by atoms with Gasteiger partial charge in [0.05, 0.1) is 16.7 Å². The summed E-state index contributed by atoms with van der Waals surface area (Å²) in [7, 11) is 0. The summed E-state index contributed by atoms with van der Waals surface area (Å²) in [4.78, 5) is 44.1. The zero-order valence-corrected chi connectivity index (χ0v) is 25.8. The lowest BCUT2D eigenvalue weighted by atomic mass is 9.49. The molecule has 0 spiro atoms. The molecule has 2 amide bonds. The summed E-state index contributed by atoms with van der Waals surface area (Å²) in [6.07, 6.45) is 9.28. The van der Waals surface area contributed by atoms with Gasteiger partial charge in [-0.2, -0.15) is 0 Å². The number of carbonyl (C=O) groups excluding carboxylic acids is 3. The van der Waals surface area contributed by atoms with Crippen molar-refractivity contribution in [2.75, 3.05) is 6.61 Å². The maximum atomic E-state index is 13.2. The van der Waals surface area contributed by atoms with Gasteiger partial charge in [0.1, 0.15) is 5.60 Å². The van der Waals surface area contributed by atoms with Crippen molar-refractivity contribution in [3.63, 3.8) is 0 Å². The van der Waals surface area contributed by atoms with E-state index in [9.17, 15) is 14.4 Å². The molecule has 1 aliphatic heterocycles. The van der Waals surface area contributed by atoms with E-state index in [2.05, 4.69) is 24.3 Å². The number of benzene rings is 4. The van der Waals surface area contributed by atoms with Crippen molar-refractivity contribution in [1.82, 2.24) is 5.06 Å². The second kappa shape index (κ2) is 11.4. The smallest absolute Gasteiger partial charge is 0.361 e. The summed E-state index contributed by atoms with van der Waals surface area (Å²) in [5, 5.41) is 0.548. The van der Waals surface area contributed by atoms with E-state index in [4.69, 9.17) is 9.57 Å². The number of nitrogens with zero attached hydrogens (tertiary/aromatic N) is 1. The van der Waals surface area contributed by atoms with E-state index in [1.165, 1.54) is 38.5 Å². The van der Waals surface area contributed by atoms with Gasteiger partial charge in [-0.05, 0) is 109 Å². The van der Waals surface area contributed by atoms with Crippen molar-refractivity contribution in [2.24, 2.45) is 23.2 Å². The maximum absolute atomic E-state index is 13.2. The second-order valence-electron chi connectivity index (χ2n) is 13.8. The Bertz CT molecular complexity index is 1670. The number of hydroxylamine groups is 2. The minimum atomic E-state index is -0.907. The molecule has 0 unspecified atom stereocenters. The summed E-state index contributed by atoms with van der Waals surface area (Å²) in [6, 6.07) is 34.1. The summed E-state index contributed by atoms with van der Waals surface area (Å²) >= 11 is 0. The first-order valence-corrected chi connectivity index (χ1v) is 16.5. The minimum absolute atomic E-state index is 0.219. The maximum Gasteiger partial charge on any atom is 0.363 e. The molecular formula is C40H37NO5. The van der Waals surface area contributed by atoms with Gasteiger partial charge in [-0.25, -0.2) is 4.79 Å². The minimum Gasteiger partial charge on any atom is -0.361 e. The third-order valence-corrected chi connectivity index (χ3v) is 10.9. The van der Waals surface area contributed by atoms with Crippen LogP contribution in [0.15, 0.2) is 109 Å². The number of carbonyl (C=O) groups is 3. The van der Waals surface area contributed by atoms with Crippen LogP contribution in [0.25, 0.3) is 0 Å². The zero-order chi connectivity index (χ0) is 31.3. The van der Waals surface area contributed by atoms with Crippen molar-refractivity contribution in [3.8, 4) is 0 Å². The second-order valence-corrected chi connectivity index (χ2v) is 13.8. The fourth-order valence-electron chi connectivity index (χ4n) is 9.34. The summed E-state index contributed by atoms with van der Waals surface area (Å²) in [5.74, 6) is 0.565. The first-order chi connectivity index (χ1) is 22.4. The molecule has 0 saturated heterocycles. The third kappa shape index (κ3) is 4.87. The predicted octanol–water partition coefficient (Wildman–Crippen LogP) is 7.97. The van der Waals surface area contributed by atoms with Crippen LogP contribution in [-0.4, -0.2) is 29.5 Å². The van der Waals surface area contributed by atoms with Crippen LogP contribution in [0.2, 0.25) is 0 Å². The fourth-order valence-corrected chi connectivity index (χ4v) is 9.34. The Hall–Kier alpha value is -4.55. The van der Waals surface area contributed by atoms with Crippen LogP contribution in [0.5, 0.6) is 0 Å². The molecule has 0 radical (unpaired) electrons. The van der Waals surface area contributed by atoms with Crippen LogP contribution in [0.3, 0.4) is 0 Å². The molecule has 4 fully saturated rings. The van der Waals surface area contributed by atoms with Crippen molar-refractivity contribution in [2.45, 2.75) is 50.5 Å². The first kappa shape index (κ1) is 28.9. The molecule has 1 heterocycles. The SMILES string of the molecule is O=C(ON1C(=O)c2ccccc2C1=O)c1ccc(C(OCCC23CC4CC(CC(C4)C2)C3)(c2ccccc2)c2ccccc2)cc1. The molecule has 9 rings (SSSR count). The molecule has 4 aromatic rings. The predicted molar refractivity (Wildman–Crippen MR) is 173 cm³/mol. The number of hydrogen-bond donors (Lipinski definition) is 0. The Morgan fingerprint density at radius 1 is 0.652 bits per heavy atom. The molecule has 4 aromatic carbocycles. The molecule has 5 aliphatic rings. The largest absolute Gasteiger partial charge is 0.363 e. The van der Waals surface area contributed by atoms with Gasteiger partial charge >= 0.3 is 5.97 Å². The Balaban J connectivity index is 1.09. The molecule has 232 valence electrons. The number of rotatable bonds is 9. The van der Waals surface area contributed by atoms with Crippen LogP contribution in [0.1, 0.15) is 92.7 Å². The molecule has 6 nitrogen and oxygen atoms in total. The van der Waals surface area contributed by atoms with Gasteiger partial charge in [0.15, 0.2) is 0 Å². The van der Waals surface area contributed by atoms with Crippen LogP contribution in [0.4, 0.5) is 0 Å². The lowest BCUT2D eigenvalue weighted by molar-refractivity contribution is -0.0819. The number of hydrogen-bond acceptors (Lipinski definition) is 5. The van der Waals surface area contributed by atoms with Crippen molar-refractivity contribution in [1.29, 1.82) is 0 Å². The number of ether oxygens (including phenoxy) is 1. The lowest BCUT2D eigenvalue weighted by Gasteiger charge is -2.57. The Morgan fingerprint density at radius 2 is 1.11 bits per heavy atom. The number of imide groups is 1. The monoisotopic (exact) mass is 611 g/mol. The topological polar surface area (TPSA) is 72.9 Å². The highest BCUT2D eigenvalue weighted by Gasteiger charge is 2.51. The lowest BCUT2D eigenvalue weighted by Crippen LogP contribution is -2.46. The molecule has 4 aliphatic carbocycles. The van der Waals surface area contributed by atoms with Crippen LogP contribution in [0, 0.1) is 23.2 Å². The van der Waals surface area contributed by atoms with Crippen molar-refractivity contribution >= 4 is 17.8 Å². The standard InChI is InChI=1S/C40H37NO5/c42-36-34-13-7-8-14-35(34)37(43)41(36)46-38(44)30-15-17-33(18-16-30)40(31-9-3-1-4-10-31,32-11-5-2-6-12-32)45-20-19-39-24-27-21-28(25-39)23-29(22-27)26-39/h1-18,27-29H,19-26H2. The highest BCUT2D eigenvalue weighted by atomic mass is 16.7. The highest BCUT2D eigenvalue weighted by molar-refractivity contribution is 6.21. The molecular weight excluding hydrogens is 574 g/mol. The third-order valence-electron chi connectivity index (χ3n) is 10.9. The van der Waals surface area contributed by atoms with E-state index in [1.54, 1.807) is 36.4 Å². The molecule has 46 heavy (non-hydrogen) atoms. The van der Waals surface area contributed by atoms with Crippen molar-refractivity contribution in [3.05, 3.63) is 143 Å². The number of amides is 2. The Labute approximate surface area is 269 Å². The van der Waals surface area contributed by atoms with Gasteiger partial charge in [0.2, 0.25) is 0 Å². The first-order valence-electron chi connectivity index (χ1n) is 16.5. The molecule has 0 N–H and O–H groups in total. The van der Waals surface area contributed by atoms with Gasteiger partial charge in [0.25, 0.3) is 11.8 Å². The van der Waals surface area contributed by atoms with Gasteiger partial charge in [-0.3, -0.25) is 9.59 Å². The fraction of sp³-hybridized carbons (Fsp3) is 0.325. The molecule has 0 aromatic heterocycles. The number of fused-ring (bicyclic) bond motifs is 1. The van der Waals surface area contributed by atoms with E-state index < -0.39 is 23.4 Å². The van der Waals surface area contributed by atoms with Gasteiger partial charge in [-0.15, -0.1) is 0 Å². The molecule has 4 bridgehead atoms. The van der Waals surface area contributed by atoms with E-state index >= 15 is 0 Å². The van der Waals surface area contributed by atoms with Gasteiger partial charge in [-0.1, -0.05) is 90.0 Å². The van der Waals surface area contributed by atoms with E-state index in [0.29, 0.717) is 17.1 Å². The van der Waals surface area contributed by atoms with Crippen LogP contribution >= 0.6 is 0 Å². The summed E-state index contributed by atoms with van der Waals surface area (Å²) < 4.78 is 7.19. The van der Waals surface area contributed by atoms with Gasteiger partial charge in [0, 0.05) is 6.61 Å². The molecule has 0 atom stereocenters. The molecule has 4 saturated carbocycles. The van der Waals surface area contributed by atoms with Crippen molar-refractivity contribution < 1.29 is 24.0 Å². The summed E-state index contributed by atoms with van der Waals surface area (Å²) in [5.41, 5.74) is 3.04. The van der Waals surface area contributed by atoms with E-state index in [-0.39, 0.29) is 16.7 Å². The van der Waals surface area contributed by atoms with Crippen LogP contribution < -0.4 is 0 Å². The Kier molecular flexibility index (Phi) is 7.13. The molecule has 6 heteroatoms. The van der Waals surface area contributed by atoms with Gasteiger partial charge < -0.3 is 9.57 Å². The zero-order valence-electron chi connectivity index (χ0n) is 25.8. The average molecular weight is 612 g/mol. The Morgan fingerprint density at radius 3 is 1.61 bits per heavy atom. The average Bonchev–Trinajstić information content (AvgIpc) is 3.32. The quantitative estimate of drug-likeness (QED) is 0.142. The van der Waals surface area contributed by atoms with E-state index in [1.807, 2.05) is 48.5 Å². The highest BCUT2D eigenvalue weighted by Crippen LogP contribution is 2.61.